The second-order valence-electron chi connectivity index (χ2n) is 6.75. The van der Waals surface area contributed by atoms with Gasteiger partial charge in [0.15, 0.2) is 0 Å². The van der Waals surface area contributed by atoms with E-state index >= 15 is 0 Å². The van der Waals surface area contributed by atoms with Crippen LogP contribution < -0.4 is 11.1 Å². The molecule has 0 spiro atoms. The van der Waals surface area contributed by atoms with E-state index in [2.05, 4.69) is 17.4 Å². The molecule has 0 heterocycles. The number of hydrogen-bond donors (Lipinski definition) is 2. The van der Waals surface area contributed by atoms with Gasteiger partial charge in [0, 0.05) is 17.6 Å². The number of benzene rings is 2. The zero-order chi connectivity index (χ0) is 17.5. The predicted octanol–water partition coefficient (Wildman–Crippen LogP) is 3.51. The maximum atomic E-state index is 12.3. The summed E-state index contributed by atoms with van der Waals surface area (Å²) in [4.78, 5) is 12.3. The van der Waals surface area contributed by atoms with E-state index in [4.69, 9.17) is 10.5 Å². The molecule has 4 heteroatoms. The van der Waals surface area contributed by atoms with E-state index < -0.39 is 0 Å². The molecule has 2 unspecified atom stereocenters. The summed E-state index contributed by atoms with van der Waals surface area (Å²) in [5.41, 5.74) is 9.06. The summed E-state index contributed by atoms with van der Waals surface area (Å²) in [7, 11) is 0. The fourth-order valence-corrected chi connectivity index (χ4v) is 3.26. The summed E-state index contributed by atoms with van der Waals surface area (Å²) in [6.07, 6.45) is 3.51. The van der Waals surface area contributed by atoms with Crippen LogP contribution >= 0.6 is 0 Å². The van der Waals surface area contributed by atoms with Crippen molar-refractivity contribution in [3.8, 4) is 0 Å². The number of anilines is 1. The molecule has 2 aromatic rings. The van der Waals surface area contributed by atoms with Gasteiger partial charge in [0.2, 0.25) is 5.91 Å². The lowest BCUT2D eigenvalue weighted by molar-refractivity contribution is -0.119. The Bertz CT molecular complexity index is 687. The number of amides is 1. The first-order chi connectivity index (χ1) is 12.2. The van der Waals surface area contributed by atoms with Crippen LogP contribution in [0.15, 0.2) is 54.6 Å². The van der Waals surface area contributed by atoms with Crippen LogP contribution in [0.25, 0.3) is 0 Å². The van der Waals surface area contributed by atoms with Crippen molar-refractivity contribution in [3.63, 3.8) is 0 Å². The van der Waals surface area contributed by atoms with Gasteiger partial charge in [0.05, 0.1) is 13.2 Å². The lowest BCUT2D eigenvalue weighted by Crippen LogP contribution is -2.23. The Hall–Kier alpha value is -2.17. The molecule has 0 aromatic heterocycles. The number of carbonyl (C=O) groups excluding carboxylic acids is 1. The van der Waals surface area contributed by atoms with Crippen LogP contribution in [-0.2, 0) is 22.6 Å². The van der Waals surface area contributed by atoms with Crippen LogP contribution in [0.3, 0.4) is 0 Å². The lowest BCUT2D eigenvalue weighted by Gasteiger charge is -2.12. The van der Waals surface area contributed by atoms with Crippen LogP contribution in [0.2, 0.25) is 0 Å². The van der Waals surface area contributed by atoms with Crippen molar-refractivity contribution in [3.05, 3.63) is 65.7 Å². The summed E-state index contributed by atoms with van der Waals surface area (Å²) in [5, 5.41) is 3.01. The minimum absolute atomic E-state index is 0.0424. The number of ether oxygens (including phenoxy) is 1. The second kappa shape index (κ2) is 8.79. The molecule has 1 saturated carbocycles. The van der Waals surface area contributed by atoms with E-state index in [0.717, 1.165) is 36.9 Å². The van der Waals surface area contributed by atoms with E-state index in [1.807, 2.05) is 42.5 Å². The standard InChI is InChI=1S/C21H26N2O2/c22-19-10-9-18(14-19)21(24)23-20-8-4-7-17(13-20)15-25-12-11-16-5-2-1-3-6-16/h1-8,13,18-19H,9-12,14-15,22H2,(H,23,24). The number of hydrogen-bond acceptors (Lipinski definition) is 3. The first-order valence-corrected chi connectivity index (χ1v) is 8.98. The van der Waals surface area contributed by atoms with Crippen LogP contribution in [0.1, 0.15) is 30.4 Å². The van der Waals surface area contributed by atoms with Gasteiger partial charge in [0.25, 0.3) is 0 Å². The maximum Gasteiger partial charge on any atom is 0.227 e. The Morgan fingerprint density at radius 3 is 2.64 bits per heavy atom. The average Bonchev–Trinajstić information content (AvgIpc) is 3.07. The molecule has 0 aliphatic heterocycles. The zero-order valence-electron chi connectivity index (χ0n) is 14.5. The van der Waals surface area contributed by atoms with Gasteiger partial charge in [0.1, 0.15) is 0 Å². The number of nitrogens with two attached hydrogens (primary N) is 1. The molecule has 1 aliphatic carbocycles. The van der Waals surface area contributed by atoms with Crippen LogP contribution in [0.4, 0.5) is 5.69 Å². The van der Waals surface area contributed by atoms with Crippen molar-refractivity contribution in [2.24, 2.45) is 11.7 Å². The van der Waals surface area contributed by atoms with Crippen molar-refractivity contribution in [2.45, 2.75) is 38.3 Å². The Morgan fingerprint density at radius 1 is 1.08 bits per heavy atom. The molecule has 25 heavy (non-hydrogen) atoms. The van der Waals surface area contributed by atoms with Crippen molar-refractivity contribution < 1.29 is 9.53 Å². The molecule has 0 saturated heterocycles. The fourth-order valence-electron chi connectivity index (χ4n) is 3.26. The van der Waals surface area contributed by atoms with Crippen molar-refractivity contribution in [1.82, 2.24) is 0 Å². The Balaban J connectivity index is 1.45. The summed E-state index contributed by atoms with van der Waals surface area (Å²) < 4.78 is 5.77. The molecule has 132 valence electrons. The average molecular weight is 338 g/mol. The van der Waals surface area contributed by atoms with Crippen molar-refractivity contribution in [1.29, 1.82) is 0 Å². The normalized spacial score (nSPS) is 19.7. The zero-order valence-corrected chi connectivity index (χ0v) is 14.5. The van der Waals surface area contributed by atoms with Gasteiger partial charge in [-0.25, -0.2) is 0 Å². The number of nitrogens with one attached hydrogen (secondary N) is 1. The Morgan fingerprint density at radius 2 is 1.88 bits per heavy atom. The predicted molar refractivity (Wildman–Crippen MR) is 100 cm³/mol. The fraction of sp³-hybridized carbons (Fsp3) is 0.381. The molecule has 0 radical (unpaired) electrons. The van der Waals surface area contributed by atoms with Crippen molar-refractivity contribution in [2.75, 3.05) is 11.9 Å². The third kappa shape index (κ3) is 5.41. The lowest BCUT2D eigenvalue weighted by atomic mass is 10.1. The minimum Gasteiger partial charge on any atom is -0.376 e. The molecule has 2 aromatic carbocycles. The monoisotopic (exact) mass is 338 g/mol. The highest BCUT2D eigenvalue weighted by Crippen LogP contribution is 2.25. The van der Waals surface area contributed by atoms with Crippen molar-refractivity contribution >= 4 is 11.6 Å². The summed E-state index contributed by atoms with van der Waals surface area (Å²) in [6, 6.07) is 18.3. The highest BCUT2D eigenvalue weighted by Gasteiger charge is 2.27. The van der Waals surface area contributed by atoms with Gasteiger partial charge in [-0.3, -0.25) is 4.79 Å². The Labute approximate surface area is 149 Å². The molecular formula is C21H26N2O2. The highest BCUT2D eigenvalue weighted by molar-refractivity contribution is 5.92. The molecule has 4 nitrogen and oxygen atoms in total. The third-order valence-electron chi connectivity index (χ3n) is 4.69. The van der Waals surface area contributed by atoms with Crippen LogP contribution in [0.5, 0.6) is 0 Å². The summed E-state index contributed by atoms with van der Waals surface area (Å²) in [6.45, 7) is 1.23. The first-order valence-electron chi connectivity index (χ1n) is 8.98. The van der Waals surface area contributed by atoms with E-state index in [1.165, 1.54) is 5.56 Å². The van der Waals surface area contributed by atoms with Gasteiger partial charge in [-0.1, -0.05) is 42.5 Å². The SMILES string of the molecule is NC1CCC(C(=O)Nc2cccc(COCCc3ccccc3)c2)C1. The summed E-state index contributed by atoms with van der Waals surface area (Å²) in [5.74, 6) is 0.121. The quantitative estimate of drug-likeness (QED) is 0.759. The molecule has 1 fully saturated rings. The molecule has 2 atom stereocenters. The molecule has 0 bridgehead atoms. The molecule has 3 rings (SSSR count). The van der Waals surface area contributed by atoms with E-state index in [1.54, 1.807) is 0 Å². The third-order valence-corrected chi connectivity index (χ3v) is 4.69. The second-order valence-corrected chi connectivity index (χ2v) is 6.75. The van der Waals surface area contributed by atoms with E-state index in [0.29, 0.717) is 13.2 Å². The topological polar surface area (TPSA) is 64.4 Å². The molecule has 1 aliphatic rings. The van der Waals surface area contributed by atoms with Gasteiger partial charge < -0.3 is 15.8 Å². The maximum absolute atomic E-state index is 12.3. The highest BCUT2D eigenvalue weighted by atomic mass is 16.5. The van der Waals surface area contributed by atoms with Gasteiger partial charge in [-0.15, -0.1) is 0 Å². The number of carbonyl (C=O) groups is 1. The van der Waals surface area contributed by atoms with Gasteiger partial charge in [-0.2, -0.15) is 0 Å². The molecule has 3 N–H and O–H groups in total. The van der Waals surface area contributed by atoms with Crippen LogP contribution in [0, 0.1) is 5.92 Å². The van der Waals surface area contributed by atoms with Gasteiger partial charge in [-0.05, 0) is 48.9 Å². The van der Waals surface area contributed by atoms with E-state index in [-0.39, 0.29) is 17.9 Å². The smallest absolute Gasteiger partial charge is 0.227 e. The van der Waals surface area contributed by atoms with Crippen LogP contribution in [-0.4, -0.2) is 18.6 Å². The molecule has 1 amide bonds. The summed E-state index contributed by atoms with van der Waals surface area (Å²) >= 11 is 0. The molecular weight excluding hydrogens is 312 g/mol. The Kier molecular flexibility index (Phi) is 6.20. The number of rotatable bonds is 7. The van der Waals surface area contributed by atoms with E-state index in [9.17, 15) is 4.79 Å². The minimum atomic E-state index is 0.0424. The first kappa shape index (κ1) is 17.6. The van der Waals surface area contributed by atoms with Gasteiger partial charge >= 0.3 is 0 Å². The largest absolute Gasteiger partial charge is 0.376 e.